The molecule has 7 nitrogen and oxygen atoms in total. The maximum atomic E-state index is 12.4. The number of carboxylic acid groups (broad SMARTS) is 1. The molecule has 0 atom stereocenters. The molecule has 6 rings (SSSR count). The van der Waals surface area contributed by atoms with E-state index in [2.05, 4.69) is 48.1 Å². The Labute approximate surface area is 251 Å². The number of likely N-dealkylation sites (tertiary alicyclic amines) is 1. The number of amides is 1. The van der Waals surface area contributed by atoms with Gasteiger partial charge in [-0.2, -0.15) is 5.10 Å². The van der Waals surface area contributed by atoms with E-state index in [1.807, 2.05) is 25.1 Å². The van der Waals surface area contributed by atoms with Crippen molar-refractivity contribution in [2.24, 2.45) is 5.92 Å². The van der Waals surface area contributed by atoms with Crippen LogP contribution < -0.4 is 0 Å². The second-order valence-electron chi connectivity index (χ2n) is 11.7. The Morgan fingerprint density at radius 2 is 1.76 bits per heavy atom. The highest BCUT2D eigenvalue weighted by Gasteiger charge is 2.35. The molecule has 0 unspecified atom stereocenters. The van der Waals surface area contributed by atoms with Gasteiger partial charge < -0.3 is 10.0 Å². The third-order valence-corrected chi connectivity index (χ3v) is 9.90. The van der Waals surface area contributed by atoms with Crippen molar-refractivity contribution in [1.29, 1.82) is 0 Å². The number of aromatic nitrogens is 3. The highest BCUT2D eigenvalue weighted by molar-refractivity contribution is 7.15. The van der Waals surface area contributed by atoms with Crippen molar-refractivity contribution in [3.05, 3.63) is 87.0 Å². The molecule has 42 heavy (non-hydrogen) atoms. The molecular weight excluding hydrogens is 544 g/mol. The number of piperidine rings is 1. The molecule has 2 fully saturated rings. The Hall–Kier alpha value is -3.78. The van der Waals surface area contributed by atoms with Gasteiger partial charge in [-0.3, -0.25) is 4.79 Å². The number of benzene rings is 1. The number of nitrogens with zero attached hydrogens (tertiary/aromatic N) is 4. The first-order chi connectivity index (χ1) is 20.3. The molecule has 1 amide bonds. The summed E-state index contributed by atoms with van der Waals surface area (Å²) in [7, 11) is 0. The van der Waals surface area contributed by atoms with Crippen molar-refractivity contribution in [2.45, 2.75) is 71.6 Å². The average molecular weight is 583 g/mol. The second-order valence-corrected chi connectivity index (χ2v) is 13.0. The Balaban J connectivity index is 1.15. The van der Waals surface area contributed by atoms with Crippen LogP contribution in [0.1, 0.15) is 81.7 Å². The predicted octanol–water partition coefficient (Wildman–Crippen LogP) is 6.77. The highest BCUT2D eigenvalue weighted by Crippen LogP contribution is 2.36. The molecule has 8 heteroatoms. The lowest BCUT2D eigenvalue weighted by molar-refractivity contribution is -0.133. The van der Waals surface area contributed by atoms with E-state index in [-0.39, 0.29) is 5.56 Å². The molecule has 2 aliphatic rings. The fourth-order valence-electron chi connectivity index (χ4n) is 6.27. The van der Waals surface area contributed by atoms with Crippen LogP contribution in [0, 0.1) is 19.8 Å². The van der Waals surface area contributed by atoms with E-state index >= 15 is 0 Å². The summed E-state index contributed by atoms with van der Waals surface area (Å²) in [5.74, 6) is 0.875. The molecule has 3 aromatic heterocycles. The number of aromatic carboxylic acids is 1. The first-order valence-corrected chi connectivity index (χ1v) is 15.9. The summed E-state index contributed by atoms with van der Waals surface area (Å²) in [6, 6.07) is 15.1. The number of rotatable bonds is 9. The molecule has 1 aliphatic carbocycles. The second kappa shape index (κ2) is 11.8. The Bertz CT molecular complexity index is 1630. The fraction of sp³-hybridized carbons (Fsp3) is 0.412. The van der Waals surface area contributed by atoms with Crippen LogP contribution in [-0.2, 0) is 24.1 Å². The number of carbonyl (C=O) groups excluding carboxylic acids is 1. The van der Waals surface area contributed by atoms with Gasteiger partial charge in [-0.1, -0.05) is 31.2 Å². The minimum atomic E-state index is -0.973. The number of thiophene rings is 1. The molecule has 4 heterocycles. The number of hydrogen-bond acceptors (Lipinski definition) is 5. The van der Waals surface area contributed by atoms with E-state index < -0.39 is 5.97 Å². The van der Waals surface area contributed by atoms with E-state index in [0.717, 1.165) is 62.2 Å². The normalized spacial score (nSPS) is 15.7. The number of carbonyl (C=O) groups is 2. The lowest BCUT2D eigenvalue weighted by Gasteiger charge is -2.32. The van der Waals surface area contributed by atoms with Crippen molar-refractivity contribution in [1.82, 2.24) is 19.7 Å². The smallest absolute Gasteiger partial charge is 0.339 e. The monoisotopic (exact) mass is 582 g/mol. The summed E-state index contributed by atoms with van der Waals surface area (Å²) in [6.07, 6.45) is 8.08. The van der Waals surface area contributed by atoms with Crippen molar-refractivity contribution in [3.8, 4) is 16.4 Å². The van der Waals surface area contributed by atoms with Gasteiger partial charge in [0.15, 0.2) is 5.82 Å². The molecule has 1 saturated carbocycles. The first-order valence-electron chi connectivity index (χ1n) is 15.1. The zero-order valence-corrected chi connectivity index (χ0v) is 25.4. The highest BCUT2D eigenvalue weighted by atomic mass is 32.1. The molecule has 1 aliphatic heterocycles. The van der Waals surface area contributed by atoms with E-state index in [0.29, 0.717) is 35.7 Å². The molecule has 1 aromatic carbocycles. The first kappa shape index (κ1) is 28.3. The average Bonchev–Trinajstić information content (AvgIpc) is 3.64. The van der Waals surface area contributed by atoms with Crippen LogP contribution in [0.3, 0.4) is 0 Å². The predicted molar refractivity (Wildman–Crippen MR) is 166 cm³/mol. The van der Waals surface area contributed by atoms with E-state index in [4.69, 9.17) is 4.98 Å². The van der Waals surface area contributed by atoms with Crippen molar-refractivity contribution in [3.63, 3.8) is 0 Å². The maximum Gasteiger partial charge on any atom is 0.339 e. The molecule has 0 bridgehead atoms. The van der Waals surface area contributed by atoms with Crippen LogP contribution in [0.15, 0.2) is 48.7 Å². The molecule has 1 N–H and O–H groups in total. The molecule has 4 aromatic rings. The number of hydrogen-bond donors (Lipinski definition) is 1. The van der Waals surface area contributed by atoms with Gasteiger partial charge in [-0.15, -0.1) is 11.3 Å². The Morgan fingerprint density at radius 3 is 2.45 bits per heavy atom. The van der Waals surface area contributed by atoms with Gasteiger partial charge in [0.1, 0.15) is 5.56 Å². The van der Waals surface area contributed by atoms with Crippen LogP contribution in [-0.4, -0.2) is 49.7 Å². The van der Waals surface area contributed by atoms with Crippen LogP contribution >= 0.6 is 11.3 Å². The largest absolute Gasteiger partial charge is 0.478 e. The van der Waals surface area contributed by atoms with Gasteiger partial charge in [0.05, 0.1) is 22.5 Å². The number of pyridine rings is 1. The van der Waals surface area contributed by atoms with E-state index in [9.17, 15) is 14.7 Å². The van der Waals surface area contributed by atoms with Crippen LogP contribution in [0.2, 0.25) is 0 Å². The van der Waals surface area contributed by atoms with Crippen LogP contribution in [0.5, 0.6) is 0 Å². The van der Waals surface area contributed by atoms with Gasteiger partial charge in [0, 0.05) is 23.9 Å². The third kappa shape index (κ3) is 5.77. The summed E-state index contributed by atoms with van der Waals surface area (Å²) in [5.41, 5.74) is 7.12. The van der Waals surface area contributed by atoms with Crippen molar-refractivity contribution < 1.29 is 14.7 Å². The van der Waals surface area contributed by atoms with Crippen molar-refractivity contribution in [2.75, 3.05) is 13.1 Å². The standard InChI is InChI=1S/C34H38N4O3S/c1-4-30-28(34(40)41)20-35-38(30)31-7-5-6-29(36-31)32-27(19-22(3)42-32)13-9-23-8-12-26(18-21(23)2)24-14-16-37(17-15-24)33(39)25-10-11-25/h5-8,12,18-20,24-25H,4,9-11,13-17H2,1-3H3,(H,40,41). The zero-order chi connectivity index (χ0) is 29.4. The number of aryl methyl sites for hydroxylation is 4. The fourth-order valence-corrected chi connectivity index (χ4v) is 7.31. The van der Waals surface area contributed by atoms with Gasteiger partial charge in [-0.05, 0) is 105 Å². The Morgan fingerprint density at radius 1 is 1.00 bits per heavy atom. The molecule has 1 saturated heterocycles. The summed E-state index contributed by atoms with van der Waals surface area (Å²) < 4.78 is 1.65. The summed E-state index contributed by atoms with van der Waals surface area (Å²) in [4.78, 5) is 33.5. The topological polar surface area (TPSA) is 88.3 Å². The summed E-state index contributed by atoms with van der Waals surface area (Å²) in [5, 5.41) is 13.9. The summed E-state index contributed by atoms with van der Waals surface area (Å²) in [6.45, 7) is 8.05. The van der Waals surface area contributed by atoms with Gasteiger partial charge in [0.25, 0.3) is 0 Å². The minimum absolute atomic E-state index is 0.216. The molecule has 218 valence electrons. The van der Waals surface area contributed by atoms with Gasteiger partial charge in [0.2, 0.25) is 5.91 Å². The zero-order valence-electron chi connectivity index (χ0n) is 24.6. The molecule has 0 radical (unpaired) electrons. The third-order valence-electron chi connectivity index (χ3n) is 8.79. The molecule has 0 spiro atoms. The van der Waals surface area contributed by atoms with Gasteiger partial charge in [-0.25, -0.2) is 14.5 Å². The maximum absolute atomic E-state index is 12.4. The quantitative estimate of drug-likeness (QED) is 0.235. The van der Waals surface area contributed by atoms with Crippen molar-refractivity contribution >= 4 is 23.2 Å². The molecular formula is C34H38N4O3S. The van der Waals surface area contributed by atoms with Crippen LogP contribution in [0.4, 0.5) is 0 Å². The van der Waals surface area contributed by atoms with E-state index in [1.54, 1.807) is 16.0 Å². The Kier molecular flexibility index (Phi) is 7.99. The van der Waals surface area contributed by atoms with Crippen LogP contribution in [0.25, 0.3) is 16.4 Å². The summed E-state index contributed by atoms with van der Waals surface area (Å²) >= 11 is 1.75. The van der Waals surface area contributed by atoms with Gasteiger partial charge >= 0.3 is 5.97 Å². The van der Waals surface area contributed by atoms with E-state index in [1.165, 1.54) is 33.3 Å². The lowest BCUT2D eigenvalue weighted by atomic mass is 9.87. The SMILES string of the molecule is CCc1c(C(=O)O)cnn1-c1cccc(-c2sc(C)cc2CCc2ccc(C3CCN(C(=O)C4CC4)CC3)cc2C)n1. The lowest BCUT2D eigenvalue weighted by Crippen LogP contribution is -2.38. The number of carboxylic acids is 1. The minimum Gasteiger partial charge on any atom is -0.478 e.